The Hall–Kier alpha value is -2.11. The third-order valence-corrected chi connectivity index (χ3v) is 5.13. The van der Waals surface area contributed by atoms with E-state index < -0.39 is 17.7 Å². The third kappa shape index (κ3) is 2.97. The molecule has 3 rings (SSSR count). The lowest BCUT2D eigenvalue weighted by Crippen LogP contribution is -2.30. The molecular formula is C18H16ClNO3S. The molecule has 0 bridgehead atoms. The number of amides is 1. The highest BCUT2D eigenvalue weighted by Gasteiger charge is 2.42. The van der Waals surface area contributed by atoms with Crippen molar-refractivity contribution in [3.05, 3.63) is 68.6 Å². The maximum absolute atomic E-state index is 12.6. The summed E-state index contributed by atoms with van der Waals surface area (Å²) in [6.45, 7) is 2.06. The van der Waals surface area contributed by atoms with Crippen molar-refractivity contribution in [1.29, 1.82) is 0 Å². The van der Waals surface area contributed by atoms with Crippen LogP contribution >= 0.6 is 22.9 Å². The predicted octanol–water partition coefficient (Wildman–Crippen LogP) is 4.28. The Labute approximate surface area is 149 Å². The molecule has 2 heterocycles. The Balaban J connectivity index is 2.05. The van der Waals surface area contributed by atoms with Crippen molar-refractivity contribution >= 4 is 34.6 Å². The molecule has 1 aliphatic rings. The zero-order chi connectivity index (χ0) is 17.3. The van der Waals surface area contributed by atoms with Crippen molar-refractivity contribution in [3.63, 3.8) is 0 Å². The zero-order valence-corrected chi connectivity index (χ0v) is 14.6. The van der Waals surface area contributed by atoms with Crippen LogP contribution in [0.15, 0.2) is 53.1 Å². The highest BCUT2D eigenvalue weighted by Crippen LogP contribution is 2.39. The van der Waals surface area contributed by atoms with Gasteiger partial charge in [-0.1, -0.05) is 36.7 Å². The molecule has 1 aliphatic heterocycles. The number of benzene rings is 1. The summed E-state index contributed by atoms with van der Waals surface area (Å²) in [6.07, 6.45) is 0.226. The molecule has 1 atom stereocenters. The van der Waals surface area contributed by atoms with Crippen LogP contribution in [-0.2, 0) is 16.1 Å². The molecule has 0 saturated carbocycles. The van der Waals surface area contributed by atoms with Crippen LogP contribution in [0.4, 0.5) is 0 Å². The van der Waals surface area contributed by atoms with E-state index in [1.165, 1.54) is 16.2 Å². The fourth-order valence-electron chi connectivity index (χ4n) is 2.85. The Bertz CT molecular complexity index is 796. The monoisotopic (exact) mass is 361 g/mol. The van der Waals surface area contributed by atoms with Gasteiger partial charge in [0.25, 0.3) is 5.91 Å². The minimum absolute atomic E-state index is 0.168. The number of aliphatic hydroxyl groups is 1. The number of carbonyl (C=O) groups excluding carboxylic acids is 2. The van der Waals surface area contributed by atoms with Crippen molar-refractivity contribution in [1.82, 2.24) is 4.90 Å². The molecule has 4 nitrogen and oxygen atoms in total. The topological polar surface area (TPSA) is 57.6 Å². The first-order valence-electron chi connectivity index (χ1n) is 7.58. The average Bonchev–Trinajstić information content (AvgIpc) is 3.17. The first-order valence-corrected chi connectivity index (χ1v) is 8.83. The van der Waals surface area contributed by atoms with Crippen LogP contribution in [0, 0.1) is 0 Å². The second kappa shape index (κ2) is 6.79. The van der Waals surface area contributed by atoms with E-state index in [4.69, 9.17) is 11.6 Å². The molecule has 0 radical (unpaired) electrons. The molecule has 1 amide bonds. The summed E-state index contributed by atoms with van der Waals surface area (Å²) >= 11 is 7.47. The van der Waals surface area contributed by atoms with Crippen LogP contribution < -0.4 is 0 Å². The lowest BCUT2D eigenvalue weighted by atomic mass is 9.95. The van der Waals surface area contributed by atoms with Gasteiger partial charge in [0.1, 0.15) is 0 Å². The summed E-state index contributed by atoms with van der Waals surface area (Å²) in [6, 6.07) is 10.2. The first kappa shape index (κ1) is 16.7. The summed E-state index contributed by atoms with van der Waals surface area (Å²) in [4.78, 5) is 27.4. The minimum Gasteiger partial charge on any atom is -0.503 e. The van der Waals surface area contributed by atoms with Gasteiger partial charge < -0.3 is 10.0 Å². The van der Waals surface area contributed by atoms with E-state index in [0.717, 1.165) is 10.4 Å². The maximum Gasteiger partial charge on any atom is 0.290 e. The van der Waals surface area contributed by atoms with Gasteiger partial charge in [0.05, 0.1) is 18.2 Å². The molecule has 1 aromatic carbocycles. The van der Waals surface area contributed by atoms with E-state index in [2.05, 4.69) is 0 Å². The molecule has 0 aliphatic carbocycles. The summed E-state index contributed by atoms with van der Waals surface area (Å²) in [5.74, 6) is -1.19. The molecule has 0 fully saturated rings. The maximum atomic E-state index is 12.6. The summed E-state index contributed by atoms with van der Waals surface area (Å²) in [5.41, 5.74) is 0.923. The van der Waals surface area contributed by atoms with Gasteiger partial charge in [-0.3, -0.25) is 9.59 Å². The van der Waals surface area contributed by atoms with E-state index in [1.807, 2.05) is 17.5 Å². The van der Waals surface area contributed by atoms with Crippen LogP contribution in [0.5, 0.6) is 0 Å². The molecule has 1 aromatic heterocycles. The van der Waals surface area contributed by atoms with Crippen molar-refractivity contribution in [2.75, 3.05) is 0 Å². The van der Waals surface area contributed by atoms with Gasteiger partial charge >= 0.3 is 0 Å². The van der Waals surface area contributed by atoms with E-state index in [9.17, 15) is 14.7 Å². The Morgan fingerprint density at radius 2 is 2.00 bits per heavy atom. The van der Waals surface area contributed by atoms with Crippen LogP contribution in [0.2, 0.25) is 5.02 Å². The Kier molecular flexibility index (Phi) is 4.73. The van der Waals surface area contributed by atoms with Gasteiger partial charge in [0.15, 0.2) is 11.5 Å². The first-order chi connectivity index (χ1) is 11.5. The van der Waals surface area contributed by atoms with E-state index in [1.54, 1.807) is 31.2 Å². The number of Topliss-reactive ketones (excluding diaryl/α,β-unsaturated/α-hetero) is 1. The highest BCUT2D eigenvalue weighted by molar-refractivity contribution is 7.09. The number of aliphatic hydroxyl groups excluding tert-OH is 1. The fourth-order valence-corrected chi connectivity index (χ4v) is 3.68. The second-order valence-corrected chi connectivity index (χ2v) is 6.97. The van der Waals surface area contributed by atoms with Crippen molar-refractivity contribution in [3.8, 4) is 0 Å². The summed E-state index contributed by atoms with van der Waals surface area (Å²) in [7, 11) is 0. The molecule has 0 spiro atoms. The molecule has 1 unspecified atom stereocenters. The summed E-state index contributed by atoms with van der Waals surface area (Å²) < 4.78 is 0. The summed E-state index contributed by atoms with van der Waals surface area (Å²) in [5, 5.41) is 12.8. The average molecular weight is 362 g/mol. The lowest BCUT2D eigenvalue weighted by molar-refractivity contribution is -0.130. The standard InChI is InChI=1S/C18H16ClNO3S/c1-2-14(21)15-16(11-5-7-12(19)8-6-11)20(18(23)17(15)22)10-13-4-3-9-24-13/h3-9,16,22H,2,10H2,1H3. The quantitative estimate of drug-likeness (QED) is 0.864. The smallest absolute Gasteiger partial charge is 0.290 e. The van der Waals surface area contributed by atoms with Crippen LogP contribution in [-0.4, -0.2) is 21.7 Å². The van der Waals surface area contributed by atoms with E-state index in [0.29, 0.717) is 11.6 Å². The van der Waals surface area contributed by atoms with Crippen LogP contribution in [0.25, 0.3) is 0 Å². The third-order valence-electron chi connectivity index (χ3n) is 4.02. The van der Waals surface area contributed by atoms with Gasteiger partial charge in [-0.25, -0.2) is 0 Å². The largest absolute Gasteiger partial charge is 0.503 e. The Morgan fingerprint density at radius 3 is 2.58 bits per heavy atom. The second-order valence-electron chi connectivity index (χ2n) is 5.51. The van der Waals surface area contributed by atoms with Crippen molar-refractivity contribution in [2.45, 2.75) is 25.9 Å². The van der Waals surface area contributed by atoms with Crippen molar-refractivity contribution in [2.24, 2.45) is 0 Å². The number of nitrogens with zero attached hydrogens (tertiary/aromatic N) is 1. The number of ketones is 1. The van der Waals surface area contributed by atoms with Gasteiger partial charge in [0.2, 0.25) is 0 Å². The van der Waals surface area contributed by atoms with E-state index >= 15 is 0 Å². The van der Waals surface area contributed by atoms with Gasteiger partial charge in [-0.05, 0) is 29.1 Å². The zero-order valence-electron chi connectivity index (χ0n) is 13.0. The normalized spacial score (nSPS) is 17.7. The molecule has 24 heavy (non-hydrogen) atoms. The molecule has 0 saturated heterocycles. The lowest BCUT2D eigenvalue weighted by Gasteiger charge is -2.26. The predicted molar refractivity (Wildman–Crippen MR) is 94.0 cm³/mol. The number of rotatable bonds is 5. The number of thiophene rings is 1. The van der Waals surface area contributed by atoms with Gasteiger partial charge in [-0.2, -0.15) is 0 Å². The molecule has 124 valence electrons. The van der Waals surface area contributed by atoms with Crippen LogP contribution in [0.1, 0.15) is 29.8 Å². The molecule has 6 heteroatoms. The molecule has 1 N–H and O–H groups in total. The van der Waals surface area contributed by atoms with Crippen LogP contribution in [0.3, 0.4) is 0 Å². The van der Waals surface area contributed by atoms with Gasteiger partial charge in [0, 0.05) is 16.3 Å². The van der Waals surface area contributed by atoms with E-state index in [-0.39, 0.29) is 17.8 Å². The molecular weight excluding hydrogens is 346 g/mol. The SMILES string of the molecule is CCC(=O)C1=C(O)C(=O)N(Cc2cccs2)C1c1ccc(Cl)cc1. The van der Waals surface area contributed by atoms with Gasteiger partial charge in [-0.15, -0.1) is 11.3 Å². The number of hydrogen-bond donors (Lipinski definition) is 1. The minimum atomic E-state index is -0.593. The Morgan fingerprint density at radius 1 is 1.29 bits per heavy atom. The fraction of sp³-hybridized carbons (Fsp3) is 0.222. The van der Waals surface area contributed by atoms with Crippen molar-refractivity contribution < 1.29 is 14.7 Å². The molecule has 2 aromatic rings. The number of hydrogen-bond acceptors (Lipinski definition) is 4. The highest BCUT2D eigenvalue weighted by atomic mass is 35.5. The number of halogens is 1. The number of carbonyl (C=O) groups is 2.